The van der Waals surface area contributed by atoms with E-state index in [9.17, 15) is 4.39 Å². The third-order valence-corrected chi connectivity index (χ3v) is 5.49. The van der Waals surface area contributed by atoms with Gasteiger partial charge in [-0.25, -0.2) is 9.37 Å². The summed E-state index contributed by atoms with van der Waals surface area (Å²) in [6, 6.07) is 11.0. The summed E-state index contributed by atoms with van der Waals surface area (Å²) in [5.74, 6) is 1.12. The first-order chi connectivity index (χ1) is 13.6. The quantitative estimate of drug-likeness (QED) is 0.569. The molecule has 1 fully saturated rings. The van der Waals surface area contributed by atoms with E-state index in [1.165, 1.54) is 24.2 Å². The van der Waals surface area contributed by atoms with Crippen molar-refractivity contribution in [3.63, 3.8) is 0 Å². The Morgan fingerprint density at radius 3 is 2.93 bits per heavy atom. The second kappa shape index (κ2) is 6.60. The number of nitrogens with one attached hydrogen (secondary N) is 2. The van der Waals surface area contributed by atoms with Crippen molar-refractivity contribution in [2.45, 2.75) is 6.42 Å². The molecule has 1 saturated heterocycles. The van der Waals surface area contributed by atoms with Crippen LogP contribution in [0.15, 0.2) is 36.4 Å². The van der Waals surface area contributed by atoms with E-state index in [0.717, 1.165) is 36.1 Å². The minimum absolute atomic E-state index is 0.282. The number of imidazole rings is 1. The number of hydrogen-bond donors (Lipinski definition) is 2. The van der Waals surface area contributed by atoms with Crippen molar-refractivity contribution in [2.75, 3.05) is 38.6 Å². The van der Waals surface area contributed by atoms with Gasteiger partial charge in [-0.05, 0) is 62.8 Å². The zero-order chi connectivity index (χ0) is 19.3. The summed E-state index contributed by atoms with van der Waals surface area (Å²) in [6.45, 7) is 3.29. The van der Waals surface area contributed by atoms with Gasteiger partial charge in [0.05, 0.1) is 16.6 Å². The highest BCUT2D eigenvalue weighted by atomic mass is 19.1. The van der Waals surface area contributed by atoms with Crippen LogP contribution in [0.4, 0.5) is 10.1 Å². The van der Waals surface area contributed by atoms with Gasteiger partial charge >= 0.3 is 0 Å². The SMILES string of the molecule is CN(C)CC1CCN(c2ccc3nc(-c4n[nH]c5cc(F)ccc45)[nH]c3c2)C1. The van der Waals surface area contributed by atoms with Crippen LogP contribution >= 0.6 is 0 Å². The second-order valence-corrected chi connectivity index (χ2v) is 7.91. The van der Waals surface area contributed by atoms with Crippen molar-refractivity contribution >= 4 is 27.6 Å². The molecule has 2 aromatic carbocycles. The molecule has 2 aromatic heterocycles. The Bertz CT molecular complexity index is 1140. The van der Waals surface area contributed by atoms with Crippen molar-refractivity contribution < 1.29 is 4.39 Å². The van der Waals surface area contributed by atoms with Crippen LogP contribution in [-0.2, 0) is 0 Å². The fourth-order valence-electron chi connectivity index (χ4n) is 4.21. The van der Waals surface area contributed by atoms with Gasteiger partial charge in [0.1, 0.15) is 11.5 Å². The fourth-order valence-corrected chi connectivity index (χ4v) is 4.21. The number of halogens is 1. The molecule has 1 aliphatic rings. The summed E-state index contributed by atoms with van der Waals surface area (Å²) in [4.78, 5) is 12.8. The van der Waals surface area contributed by atoms with E-state index in [1.54, 1.807) is 6.07 Å². The predicted octanol–water partition coefficient (Wildman–Crippen LogP) is 3.63. The number of anilines is 1. The normalized spacial score (nSPS) is 17.4. The van der Waals surface area contributed by atoms with Crippen LogP contribution in [0, 0.1) is 11.7 Å². The van der Waals surface area contributed by atoms with Crippen LogP contribution in [0.25, 0.3) is 33.5 Å². The first-order valence-corrected chi connectivity index (χ1v) is 9.60. The van der Waals surface area contributed by atoms with Crippen molar-refractivity contribution in [1.82, 2.24) is 25.1 Å². The molecule has 0 amide bonds. The van der Waals surface area contributed by atoms with Crippen LogP contribution in [0.1, 0.15) is 6.42 Å². The standard InChI is InChI=1S/C21H23FN6/c1-27(2)11-13-7-8-28(12-13)15-4-6-17-19(10-15)24-21(23-17)20-16-5-3-14(22)9-18(16)25-26-20/h3-6,9-10,13H,7-8,11-12H2,1-2H3,(H,23,24)(H,25,26). The summed E-state index contributed by atoms with van der Waals surface area (Å²) in [5, 5.41) is 8.08. The first-order valence-electron chi connectivity index (χ1n) is 9.60. The smallest absolute Gasteiger partial charge is 0.159 e. The largest absolute Gasteiger partial charge is 0.371 e. The van der Waals surface area contributed by atoms with Crippen molar-refractivity contribution in [3.05, 3.63) is 42.2 Å². The number of H-pyrrole nitrogens is 2. The molecule has 0 saturated carbocycles. The lowest BCUT2D eigenvalue weighted by Gasteiger charge is -2.20. The predicted molar refractivity (Wildman–Crippen MR) is 110 cm³/mol. The Hall–Kier alpha value is -2.93. The molecule has 6 nitrogen and oxygen atoms in total. The van der Waals surface area contributed by atoms with Gasteiger partial charge in [0.25, 0.3) is 0 Å². The molecule has 0 radical (unpaired) electrons. The summed E-state index contributed by atoms with van der Waals surface area (Å²) in [7, 11) is 4.27. The van der Waals surface area contributed by atoms with Crippen molar-refractivity contribution in [2.24, 2.45) is 5.92 Å². The monoisotopic (exact) mass is 378 g/mol. The lowest BCUT2D eigenvalue weighted by Crippen LogP contribution is -2.25. The molecule has 0 aliphatic carbocycles. The van der Waals surface area contributed by atoms with Gasteiger partial charge in [-0.1, -0.05) is 0 Å². The highest BCUT2D eigenvalue weighted by Crippen LogP contribution is 2.30. The third-order valence-electron chi connectivity index (χ3n) is 5.49. The van der Waals surface area contributed by atoms with Crippen molar-refractivity contribution in [3.8, 4) is 11.5 Å². The molecule has 1 unspecified atom stereocenters. The fraction of sp³-hybridized carbons (Fsp3) is 0.333. The number of hydrogen-bond acceptors (Lipinski definition) is 4. The summed E-state index contributed by atoms with van der Waals surface area (Å²) >= 11 is 0. The Labute approximate surface area is 162 Å². The van der Waals surface area contributed by atoms with Crippen LogP contribution in [0.2, 0.25) is 0 Å². The molecule has 3 heterocycles. The molecule has 2 N–H and O–H groups in total. The number of rotatable bonds is 4. The number of aromatic amines is 2. The molecule has 4 aromatic rings. The van der Waals surface area contributed by atoms with Crippen molar-refractivity contribution in [1.29, 1.82) is 0 Å². The molecular formula is C21H23FN6. The van der Waals surface area contributed by atoms with E-state index in [-0.39, 0.29) is 5.82 Å². The third kappa shape index (κ3) is 3.01. The maximum absolute atomic E-state index is 13.4. The van der Waals surface area contributed by atoms with Gasteiger partial charge < -0.3 is 14.8 Å². The number of nitrogens with zero attached hydrogens (tertiary/aromatic N) is 4. The van der Waals surface area contributed by atoms with Crippen LogP contribution < -0.4 is 4.90 Å². The Morgan fingerprint density at radius 2 is 2.07 bits per heavy atom. The molecule has 1 atom stereocenters. The van der Waals surface area contributed by atoms with Gasteiger partial charge in [0.2, 0.25) is 0 Å². The molecule has 144 valence electrons. The number of benzene rings is 2. The highest BCUT2D eigenvalue weighted by Gasteiger charge is 2.23. The lowest BCUT2D eigenvalue weighted by atomic mass is 10.1. The van der Waals surface area contributed by atoms with E-state index in [2.05, 4.69) is 57.3 Å². The average Bonchev–Trinajstić information content (AvgIpc) is 3.37. The zero-order valence-electron chi connectivity index (χ0n) is 16.0. The van der Waals surface area contributed by atoms with Crippen LogP contribution in [0.3, 0.4) is 0 Å². The van der Waals surface area contributed by atoms with E-state index in [0.29, 0.717) is 23.0 Å². The van der Waals surface area contributed by atoms with E-state index >= 15 is 0 Å². The zero-order valence-corrected chi connectivity index (χ0v) is 16.0. The molecule has 0 spiro atoms. The molecule has 1 aliphatic heterocycles. The van der Waals surface area contributed by atoms with Gasteiger partial charge in [-0.15, -0.1) is 0 Å². The molecule has 5 rings (SSSR count). The molecule has 28 heavy (non-hydrogen) atoms. The minimum atomic E-state index is -0.282. The van der Waals surface area contributed by atoms with Gasteiger partial charge in [0, 0.05) is 30.7 Å². The van der Waals surface area contributed by atoms with E-state index in [4.69, 9.17) is 4.98 Å². The van der Waals surface area contributed by atoms with Gasteiger partial charge in [-0.3, -0.25) is 5.10 Å². The van der Waals surface area contributed by atoms with Crippen LogP contribution in [-0.4, -0.2) is 58.8 Å². The van der Waals surface area contributed by atoms with Gasteiger partial charge in [0.15, 0.2) is 5.82 Å². The Balaban J connectivity index is 1.45. The first kappa shape index (κ1) is 17.2. The maximum atomic E-state index is 13.4. The molecule has 7 heteroatoms. The minimum Gasteiger partial charge on any atom is -0.371 e. The van der Waals surface area contributed by atoms with Crippen LogP contribution in [0.5, 0.6) is 0 Å². The summed E-state index contributed by atoms with van der Waals surface area (Å²) in [5.41, 5.74) is 4.49. The Kier molecular flexibility index (Phi) is 4.05. The van der Waals surface area contributed by atoms with Gasteiger partial charge in [-0.2, -0.15) is 5.10 Å². The summed E-state index contributed by atoms with van der Waals surface area (Å²) in [6.07, 6.45) is 1.22. The topological polar surface area (TPSA) is 63.8 Å². The Morgan fingerprint density at radius 1 is 1.18 bits per heavy atom. The highest BCUT2D eigenvalue weighted by molar-refractivity contribution is 5.93. The van der Waals surface area contributed by atoms with E-state index in [1.807, 2.05) is 0 Å². The maximum Gasteiger partial charge on any atom is 0.159 e. The molecule has 0 bridgehead atoms. The number of aromatic nitrogens is 4. The average molecular weight is 378 g/mol. The lowest BCUT2D eigenvalue weighted by molar-refractivity contribution is 0.340. The number of fused-ring (bicyclic) bond motifs is 2. The second-order valence-electron chi connectivity index (χ2n) is 7.91. The summed E-state index contributed by atoms with van der Waals surface area (Å²) < 4.78 is 13.4. The van der Waals surface area contributed by atoms with E-state index < -0.39 is 0 Å². The molecular weight excluding hydrogens is 355 g/mol.